The van der Waals surface area contributed by atoms with Crippen LogP contribution in [0.1, 0.15) is 32.6 Å². The monoisotopic (exact) mass is 441 g/mol. The number of thiophene rings is 2. The number of rotatable bonds is 6. The molecular formula is C20H15N3O5S2. The first-order chi connectivity index (χ1) is 14.5. The second kappa shape index (κ2) is 8.56. The number of nitrogens with zero attached hydrogens (tertiary/aromatic N) is 3. The van der Waals surface area contributed by atoms with Crippen molar-refractivity contribution >= 4 is 45.9 Å². The molecule has 152 valence electrons. The zero-order chi connectivity index (χ0) is 21.1. The molecule has 1 aromatic carbocycles. The first-order valence-electron chi connectivity index (χ1n) is 8.92. The van der Waals surface area contributed by atoms with Crippen LogP contribution in [0.3, 0.4) is 0 Å². The number of hydrogen-bond acceptors (Lipinski definition) is 8. The Hall–Kier alpha value is -3.37. The largest absolute Gasteiger partial charge is 0.452 e. The van der Waals surface area contributed by atoms with E-state index in [1.165, 1.54) is 51.9 Å². The van der Waals surface area contributed by atoms with Crippen molar-refractivity contribution < 1.29 is 19.2 Å². The number of benzene rings is 1. The van der Waals surface area contributed by atoms with Crippen molar-refractivity contribution in [3.05, 3.63) is 84.7 Å². The van der Waals surface area contributed by atoms with E-state index in [0.717, 1.165) is 15.5 Å². The fourth-order valence-electron chi connectivity index (χ4n) is 3.11. The lowest BCUT2D eigenvalue weighted by atomic mass is 10.1. The average Bonchev–Trinajstić information content (AvgIpc) is 3.51. The van der Waals surface area contributed by atoms with Gasteiger partial charge in [-0.2, -0.15) is 5.10 Å². The lowest BCUT2D eigenvalue weighted by Gasteiger charge is -2.20. The molecule has 0 radical (unpaired) electrons. The summed E-state index contributed by atoms with van der Waals surface area (Å²) in [6, 6.07) is 12.9. The smallest absolute Gasteiger partial charge is 0.345 e. The van der Waals surface area contributed by atoms with Gasteiger partial charge in [-0.3, -0.25) is 14.9 Å². The summed E-state index contributed by atoms with van der Waals surface area (Å²) in [7, 11) is 0. The molecule has 0 spiro atoms. The van der Waals surface area contributed by atoms with E-state index in [1.54, 1.807) is 0 Å². The summed E-state index contributed by atoms with van der Waals surface area (Å²) in [5.41, 5.74) is 0.224. The minimum Gasteiger partial charge on any atom is -0.452 e. The normalized spacial score (nSPS) is 15.7. The van der Waals surface area contributed by atoms with E-state index in [0.29, 0.717) is 6.42 Å². The van der Waals surface area contributed by atoms with E-state index < -0.39 is 23.4 Å². The van der Waals surface area contributed by atoms with Crippen LogP contribution in [0.4, 0.5) is 5.69 Å². The Labute approximate surface area is 179 Å². The van der Waals surface area contributed by atoms with Gasteiger partial charge in [0.2, 0.25) is 0 Å². The Morgan fingerprint density at radius 2 is 1.90 bits per heavy atom. The second-order valence-electron chi connectivity index (χ2n) is 6.35. The van der Waals surface area contributed by atoms with Gasteiger partial charge in [-0.05, 0) is 29.0 Å². The number of carbonyl (C=O) groups excluding carboxylic acids is 2. The van der Waals surface area contributed by atoms with Gasteiger partial charge in [0.05, 0.1) is 21.6 Å². The highest BCUT2D eigenvalue weighted by molar-refractivity contribution is 7.12. The van der Waals surface area contributed by atoms with Crippen molar-refractivity contribution in [1.82, 2.24) is 5.01 Å². The van der Waals surface area contributed by atoms with Crippen LogP contribution in [-0.2, 0) is 9.53 Å². The lowest BCUT2D eigenvalue weighted by molar-refractivity contribution is -0.385. The second-order valence-corrected chi connectivity index (χ2v) is 8.28. The predicted molar refractivity (Wildman–Crippen MR) is 113 cm³/mol. The summed E-state index contributed by atoms with van der Waals surface area (Å²) < 4.78 is 5.09. The third-order valence-corrected chi connectivity index (χ3v) is 6.38. The molecule has 1 aliphatic heterocycles. The molecule has 8 nitrogen and oxygen atoms in total. The molecule has 0 saturated carbocycles. The highest BCUT2D eigenvalue weighted by atomic mass is 32.1. The number of nitro groups is 1. The number of hydrazone groups is 1. The molecule has 3 heterocycles. The first kappa shape index (κ1) is 19.9. The highest BCUT2D eigenvalue weighted by Gasteiger charge is 2.34. The third kappa shape index (κ3) is 4.00. The van der Waals surface area contributed by atoms with Gasteiger partial charge in [0.25, 0.3) is 11.6 Å². The van der Waals surface area contributed by atoms with Crippen LogP contribution in [0.25, 0.3) is 0 Å². The quantitative estimate of drug-likeness (QED) is 0.323. The van der Waals surface area contributed by atoms with Gasteiger partial charge in [-0.1, -0.05) is 24.3 Å². The van der Waals surface area contributed by atoms with Gasteiger partial charge < -0.3 is 4.74 Å². The van der Waals surface area contributed by atoms with E-state index in [4.69, 9.17) is 4.74 Å². The molecular weight excluding hydrogens is 426 g/mol. The summed E-state index contributed by atoms with van der Waals surface area (Å²) in [5.74, 6) is -1.42. The summed E-state index contributed by atoms with van der Waals surface area (Å²) in [6.45, 7) is -0.562. The molecule has 4 rings (SSSR count). The standard InChI is InChI=1S/C20H15N3O5S2/c24-19(12-28-20(25)13-5-1-2-6-15(13)23(26)27)22-16(18-8-4-10-30-18)11-14(21-22)17-7-3-9-29-17/h1-10,16H,11-12H2. The van der Waals surface area contributed by atoms with Crippen LogP contribution < -0.4 is 0 Å². The topological polar surface area (TPSA) is 102 Å². The van der Waals surface area contributed by atoms with Gasteiger partial charge >= 0.3 is 5.97 Å². The highest BCUT2D eigenvalue weighted by Crippen LogP contribution is 2.36. The van der Waals surface area contributed by atoms with Gasteiger partial charge in [0.15, 0.2) is 6.61 Å². The van der Waals surface area contributed by atoms with Crippen molar-refractivity contribution in [2.24, 2.45) is 5.10 Å². The van der Waals surface area contributed by atoms with E-state index in [9.17, 15) is 19.7 Å². The van der Waals surface area contributed by atoms with Gasteiger partial charge in [0, 0.05) is 17.4 Å². The van der Waals surface area contributed by atoms with E-state index in [-0.39, 0.29) is 17.3 Å². The zero-order valence-corrected chi connectivity index (χ0v) is 17.1. The Bertz CT molecular complexity index is 1110. The molecule has 1 aliphatic rings. The molecule has 1 atom stereocenters. The van der Waals surface area contributed by atoms with Crippen molar-refractivity contribution in [3.8, 4) is 0 Å². The number of hydrogen-bond donors (Lipinski definition) is 0. The molecule has 10 heteroatoms. The predicted octanol–water partition coefficient (Wildman–Crippen LogP) is 4.25. The van der Waals surface area contributed by atoms with E-state index in [2.05, 4.69) is 5.10 Å². The van der Waals surface area contributed by atoms with Crippen LogP contribution in [-0.4, -0.2) is 34.1 Å². The average molecular weight is 441 g/mol. The summed E-state index contributed by atoms with van der Waals surface area (Å²) >= 11 is 3.06. The maximum absolute atomic E-state index is 12.8. The Morgan fingerprint density at radius 1 is 1.13 bits per heavy atom. The maximum Gasteiger partial charge on any atom is 0.345 e. The van der Waals surface area contributed by atoms with Crippen molar-refractivity contribution in [2.45, 2.75) is 12.5 Å². The molecule has 3 aromatic rings. The molecule has 0 fully saturated rings. The number of para-hydroxylation sites is 1. The summed E-state index contributed by atoms with van der Waals surface area (Å²) in [5, 5.41) is 20.8. The lowest BCUT2D eigenvalue weighted by Crippen LogP contribution is -2.31. The summed E-state index contributed by atoms with van der Waals surface area (Å²) in [4.78, 5) is 37.5. The molecule has 1 unspecified atom stereocenters. The number of ether oxygens (including phenoxy) is 1. The maximum atomic E-state index is 12.8. The molecule has 0 aliphatic carbocycles. The Kier molecular flexibility index (Phi) is 5.68. The van der Waals surface area contributed by atoms with Gasteiger partial charge in [0.1, 0.15) is 5.56 Å². The fraction of sp³-hybridized carbons (Fsp3) is 0.150. The van der Waals surface area contributed by atoms with Crippen molar-refractivity contribution in [2.75, 3.05) is 6.61 Å². The Balaban J connectivity index is 1.51. The van der Waals surface area contributed by atoms with Crippen LogP contribution >= 0.6 is 22.7 Å². The van der Waals surface area contributed by atoms with E-state index in [1.807, 2.05) is 35.0 Å². The minimum atomic E-state index is -0.926. The number of carbonyl (C=O) groups is 2. The molecule has 0 saturated heterocycles. The van der Waals surface area contributed by atoms with E-state index >= 15 is 0 Å². The first-order valence-corrected chi connectivity index (χ1v) is 10.7. The van der Waals surface area contributed by atoms with Crippen molar-refractivity contribution in [3.63, 3.8) is 0 Å². The molecule has 0 bridgehead atoms. The van der Waals surface area contributed by atoms with Crippen LogP contribution in [0.15, 0.2) is 64.4 Å². The number of esters is 1. The minimum absolute atomic E-state index is 0.200. The SMILES string of the molecule is O=C(OCC(=O)N1N=C(c2cccs2)CC1c1cccs1)c1ccccc1[N+](=O)[O-]. The molecule has 2 aromatic heterocycles. The zero-order valence-electron chi connectivity index (χ0n) is 15.5. The van der Waals surface area contributed by atoms with Crippen LogP contribution in [0.2, 0.25) is 0 Å². The van der Waals surface area contributed by atoms with Crippen LogP contribution in [0, 0.1) is 10.1 Å². The van der Waals surface area contributed by atoms with Crippen LogP contribution in [0.5, 0.6) is 0 Å². The molecule has 1 amide bonds. The fourth-order valence-corrected chi connectivity index (χ4v) is 4.64. The summed E-state index contributed by atoms with van der Waals surface area (Å²) in [6.07, 6.45) is 0.560. The van der Waals surface area contributed by atoms with Crippen molar-refractivity contribution in [1.29, 1.82) is 0 Å². The Morgan fingerprint density at radius 3 is 2.60 bits per heavy atom. The molecule has 0 N–H and O–H groups in total. The molecule has 30 heavy (non-hydrogen) atoms. The van der Waals surface area contributed by atoms with Gasteiger partial charge in [-0.25, -0.2) is 9.80 Å². The number of nitro benzene ring substituents is 1. The van der Waals surface area contributed by atoms with Gasteiger partial charge in [-0.15, -0.1) is 22.7 Å². The third-order valence-electron chi connectivity index (χ3n) is 4.49. The number of amides is 1.